The van der Waals surface area contributed by atoms with Crippen LogP contribution in [0.4, 0.5) is 5.69 Å². The van der Waals surface area contributed by atoms with E-state index < -0.39 is 12.3 Å². The van der Waals surface area contributed by atoms with Gasteiger partial charge in [-0.1, -0.05) is 12.1 Å². The number of esters is 1. The van der Waals surface area contributed by atoms with Crippen molar-refractivity contribution in [3.05, 3.63) is 30.1 Å². The molecular formula is C12H12N4O3. The van der Waals surface area contributed by atoms with Crippen LogP contribution in [0.15, 0.2) is 24.3 Å². The number of benzene rings is 1. The highest BCUT2D eigenvalue weighted by Crippen LogP contribution is 2.33. The van der Waals surface area contributed by atoms with Crippen LogP contribution >= 0.6 is 0 Å². The summed E-state index contributed by atoms with van der Waals surface area (Å²) in [5.41, 5.74) is 1.51. The predicted molar refractivity (Wildman–Crippen MR) is 66.3 cm³/mol. The molecule has 0 radical (unpaired) electrons. The van der Waals surface area contributed by atoms with Crippen molar-refractivity contribution >= 4 is 11.7 Å². The number of fused-ring (bicyclic) bond motifs is 3. The maximum Gasteiger partial charge on any atom is 0.378 e. The summed E-state index contributed by atoms with van der Waals surface area (Å²) in [4.78, 5) is 15.8. The van der Waals surface area contributed by atoms with Crippen LogP contribution < -0.4 is 5.32 Å². The minimum Gasteiger partial charge on any atom is -0.460 e. The number of aliphatic hydroxyl groups is 1. The van der Waals surface area contributed by atoms with E-state index in [-0.39, 0.29) is 12.4 Å². The van der Waals surface area contributed by atoms with Crippen molar-refractivity contribution in [1.29, 1.82) is 0 Å². The van der Waals surface area contributed by atoms with Gasteiger partial charge in [0.05, 0.1) is 6.61 Å². The van der Waals surface area contributed by atoms with Crippen molar-refractivity contribution in [2.45, 2.75) is 13.3 Å². The van der Waals surface area contributed by atoms with E-state index in [1.807, 2.05) is 24.3 Å². The molecule has 1 unspecified atom stereocenters. The number of anilines is 1. The molecule has 0 fully saturated rings. The second kappa shape index (κ2) is 4.36. The number of carbonyl (C=O) groups excluding carboxylic acids is 1. The SMILES string of the molecule is CCOC(=O)c1nc2n(n1)C(O)Nc1ccccc1-2. The normalized spacial score (nSPS) is 16.2. The minimum absolute atomic E-state index is 0.0607. The van der Waals surface area contributed by atoms with Gasteiger partial charge in [0.2, 0.25) is 6.35 Å². The third-order valence-corrected chi connectivity index (χ3v) is 2.77. The Labute approximate surface area is 108 Å². The maximum absolute atomic E-state index is 11.6. The van der Waals surface area contributed by atoms with Crippen LogP contribution in [-0.2, 0) is 4.74 Å². The van der Waals surface area contributed by atoms with E-state index in [0.717, 1.165) is 11.3 Å². The van der Waals surface area contributed by atoms with Crippen molar-refractivity contribution in [1.82, 2.24) is 14.8 Å². The molecule has 1 aromatic heterocycles. The first kappa shape index (κ1) is 11.7. The average Bonchev–Trinajstić information content (AvgIpc) is 2.85. The van der Waals surface area contributed by atoms with Gasteiger partial charge in [0.15, 0.2) is 5.82 Å². The Morgan fingerprint density at radius 3 is 3.11 bits per heavy atom. The molecular weight excluding hydrogens is 248 g/mol. The van der Waals surface area contributed by atoms with E-state index in [2.05, 4.69) is 15.4 Å². The Bertz CT molecular complexity index is 638. The van der Waals surface area contributed by atoms with E-state index in [9.17, 15) is 9.90 Å². The summed E-state index contributed by atoms with van der Waals surface area (Å²) < 4.78 is 6.11. The average molecular weight is 260 g/mol. The van der Waals surface area contributed by atoms with E-state index >= 15 is 0 Å². The molecule has 2 N–H and O–H groups in total. The smallest absolute Gasteiger partial charge is 0.378 e. The number of ether oxygens (including phenoxy) is 1. The summed E-state index contributed by atoms with van der Waals surface area (Å²) in [6, 6.07) is 7.35. The lowest BCUT2D eigenvalue weighted by molar-refractivity contribution is 0.0508. The molecule has 7 heteroatoms. The largest absolute Gasteiger partial charge is 0.460 e. The summed E-state index contributed by atoms with van der Waals surface area (Å²) >= 11 is 0. The first-order valence-corrected chi connectivity index (χ1v) is 5.88. The van der Waals surface area contributed by atoms with Crippen molar-refractivity contribution in [2.24, 2.45) is 0 Å². The predicted octanol–water partition coefficient (Wildman–Crippen LogP) is 0.996. The van der Waals surface area contributed by atoms with Crippen LogP contribution in [0.25, 0.3) is 11.4 Å². The summed E-state index contributed by atoms with van der Waals surface area (Å²) in [5, 5.41) is 16.8. The molecule has 7 nitrogen and oxygen atoms in total. The van der Waals surface area contributed by atoms with Gasteiger partial charge in [-0.2, -0.15) is 4.68 Å². The van der Waals surface area contributed by atoms with Crippen molar-refractivity contribution in [2.75, 3.05) is 11.9 Å². The Balaban J connectivity index is 2.09. The van der Waals surface area contributed by atoms with Gasteiger partial charge in [-0.25, -0.2) is 9.78 Å². The number of carbonyl (C=O) groups is 1. The number of para-hydroxylation sites is 1. The van der Waals surface area contributed by atoms with Gasteiger partial charge in [-0.3, -0.25) is 0 Å². The summed E-state index contributed by atoms with van der Waals surface area (Å²) in [6.07, 6.45) is -1.06. The highest BCUT2D eigenvalue weighted by Gasteiger charge is 2.27. The summed E-state index contributed by atoms with van der Waals surface area (Å²) in [6.45, 7) is 1.96. The molecule has 0 aliphatic carbocycles. The fourth-order valence-electron chi connectivity index (χ4n) is 1.96. The first-order chi connectivity index (χ1) is 9.20. The Morgan fingerprint density at radius 1 is 1.53 bits per heavy atom. The zero-order valence-electron chi connectivity index (χ0n) is 10.2. The van der Waals surface area contributed by atoms with E-state index in [4.69, 9.17) is 4.74 Å². The molecule has 2 aromatic rings. The molecule has 19 heavy (non-hydrogen) atoms. The van der Waals surface area contributed by atoms with Gasteiger partial charge >= 0.3 is 5.97 Å². The second-order valence-corrected chi connectivity index (χ2v) is 3.99. The topological polar surface area (TPSA) is 89.3 Å². The molecule has 3 rings (SSSR count). The molecule has 2 heterocycles. The second-order valence-electron chi connectivity index (χ2n) is 3.99. The van der Waals surface area contributed by atoms with Gasteiger partial charge in [0.25, 0.3) is 5.82 Å². The monoisotopic (exact) mass is 260 g/mol. The first-order valence-electron chi connectivity index (χ1n) is 5.88. The van der Waals surface area contributed by atoms with Crippen LogP contribution in [-0.4, -0.2) is 32.4 Å². The molecule has 0 saturated heterocycles. The zero-order chi connectivity index (χ0) is 13.4. The molecule has 98 valence electrons. The van der Waals surface area contributed by atoms with Gasteiger partial charge in [0.1, 0.15) is 0 Å². The third kappa shape index (κ3) is 1.84. The minimum atomic E-state index is -1.06. The van der Waals surface area contributed by atoms with Gasteiger partial charge in [0, 0.05) is 11.3 Å². The Hall–Kier alpha value is -2.41. The van der Waals surface area contributed by atoms with Crippen molar-refractivity contribution in [3.8, 4) is 11.4 Å². The number of aromatic nitrogens is 3. The van der Waals surface area contributed by atoms with Gasteiger partial charge < -0.3 is 15.2 Å². The fourth-order valence-corrected chi connectivity index (χ4v) is 1.96. The molecule has 1 aliphatic heterocycles. The van der Waals surface area contributed by atoms with Crippen LogP contribution in [0.1, 0.15) is 23.9 Å². The number of hydrogen-bond donors (Lipinski definition) is 2. The molecule has 0 saturated carbocycles. The highest BCUT2D eigenvalue weighted by atomic mass is 16.5. The van der Waals surface area contributed by atoms with Crippen molar-refractivity contribution < 1.29 is 14.6 Å². The Morgan fingerprint density at radius 2 is 2.32 bits per heavy atom. The molecule has 0 spiro atoms. The van der Waals surface area contributed by atoms with E-state index in [1.54, 1.807) is 6.92 Å². The number of hydrogen-bond acceptors (Lipinski definition) is 6. The standard InChI is InChI=1S/C12H12N4O3/c1-2-19-11(17)9-14-10-7-5-3-4-6-8(7)13-12(18)16(10)15-9/h3-6,12-13,18H,2H2,1H3. The third-order valence-electron chi connectivity index (χ3n) is 2.77. The molecule has 1 aliphatic rings. The number of nitrogens with zero attached hydrogens (tertiary/aromatic N) is 3. The lowest BCUT2D eigenvalue weighted by Gasteiger charge is -2.23. The van der Waals surface area contributed by atoms with Crippen molar-refractivity contribution in [3.63, 3.8) is 0 Å². The van der Waals surface area contributed by atoms with Crippen LogP contribution in [0.2, 0.25) is 0 Å². The summed E-state index contributed by atoms with van der Waals surface area (Å²) in [7, 11) is 0. The zero-order valence-corrected chi connectivity index (χ0v) is 10.2. The lowest BCUT2D eigenvalue weighted by atomic mass is 10.1. The molecule has 0 amide bonds. The van der Waals surface area contributed by atoms with E-state index in [0.29, 0.717) is 5.82 Å². The quantitative estimate of drug-likeness (QED) is 0.783. The number of rotatable bonds is 2. The van der Waals surface area contributed by atoms with Gasteiger partial charge in [-0.15, -0.1) is 5.10 Å². The van der Waals surface area contributed by atoms with Gasteiger partial charge in [-0.05, 0) is 19.1 Å². The Kier molecular flexibility index (Phi) is 2.68. The molecule has 1 atom stereocenters. The fraction of sp³-hybridized carbons (Fsp3) is 0.250. The highest BCUT2D eigenvalue weighted by molar-refractivity contribution is 5.86. The van der Waals surface area contributed by atoms with E-state index in [1.165, 1.54) is 4.68 Å². The number of aliphatic hydroxyl groups excluding tert-OH is 1. The molecule has 1 aromatic carbocycles. The molecule has 0 bridgehead atoms. The van der Waals surface area contributed by atoms with Crippen LogP contribution in [0.5, 0.6) is 0 Å². The van der Waals surface area contributed by atoms with Crippen LogP contribution in [0, 0.1) is 0 Å². The number of nitrogens with one attached hydrogen (secondary N) is 1. The van der Waals surface area contributed by atoms with Crippen LogP contribution in [0.3, 0.4) is 0 Å². The maximum atomic E-state index is 11.6. The lowest BCUT2D eigenvalue weighted by Crippen LogP contribution is -2.24. The summed E-state index contributed by atoms with van der Waals surface area (Å²) in [5.74, 6) is -0.228.